The summed E-state index contributed by atoms with van der Waals surface area (Å²) in [6.07, 6.45) is 1.84. The zero-order valence-corrected chi connectivity index (χ0v) is 18.2. The molecule has 3 aromatic rings. The minimum atomic E-state index is -0.149. The maximum absolute atomic E-state index is 12.7. The number of amides is 1. The third-order valence-electron chi connectivity index (χ3n) is 5.11. The molecule has 0 unspecified atom stereocenters. The average Bonchev–Trinajstić information content (AvgIpc) is 2.98. The van der Waals surface area contributed by atoms with Gasteiger partial charge in [0.05, 0.1) is 17.1 Å². The number of hydrogen-bond donors (Lipinski definition) is 1. The Morgan fingerprint density at radius 1 is 1.00 bits per heavy atom. The normalized spacial score (nSPS) is 12.3. The lowest BCUT2D eigenvalue weighted by Crippen LogP contribution is -2.37. The largest absolute Gasteiger partial charge is 0.491 e. The van der Waals surface area contributed by atoms with Gasteiger partial charge in [0.25, 0.3) is 0 Å². The van der Waals surface area contributed by atoms with E-state index >= 15 is 0 Å². The van der Waals surface area contributed by atoms with Crippen molar-refractivity contribution in [1.29, 1.82) is 0 Å². The fourth-order valence-corrected chi connectivity index (χ4v) is 3.66. The van der Waals surface area contributed by atoms with E-state index in [1.54, 1.807) is 9.13 Å². The second-order valence-electron chi connectivity index (χ2n) is 7.92. The third-order valence-corrected chi connectivity index (χ3v) is 5.11. The van der Waals surface area contributed by atoms with Gasteiger partial charge in [-0.15, -0.1) is 0 Å². The summed E-state index contributed by atoms with van der Waals surface area (Å²) in [6.45, 7) is 8.54. The first-order valence-corrected chi connectivity index (χ1v) is 10.6. The van der Waals surface area contributed by atoms with Gasteiger partial charge in [0, 0.05) is 12.6 Å². The van der Waals surface area contributed by atoms with Crippen LogP contribution in [0.4, 0.5) is 0 Å². The summed E-state index contributed by atoms with van der Waals surface area (Å²) in [5.41, 5.74) is 2.70. The standard InChI is InChI=1S/C24H31N3O3/c1-5-26-21-8-6-7-9-22(21)27(24(26)29)16-23(28)25-18(4)10-11-19-12-14-20(15-13-19)30-17(2)3/h6-9,12-15,17-18H,5,10-11,16H2,1-4H3,(H,25,28)/t18-/m0/s1. The lowest BCUT2D eigenvalue weighted by molar-refractivity contribution is -0.122. The smallest absolute Gasteiger partial charge is 0.329 e. The molecule has 0 aliphatic heterocycles. The Kier molecular flexibility index (Phi) is 6.98. The van der Waals surface area contributed by atoms with Crippen LogP contribution in [-0.2, 0) is 24.3 Å². The molecule has 160 valence electrons. The van der Waals surface area contributed by atoms with E-state index in [4.69, 9.17) is 4.74 Å². The number of carbonyl (C=O) groups excluding carboxylic acids is 1. The number of benzene rings is 2. The maximum atomic E-state index is 12.7. The highest BCUT2D eigenvalue weighted by Crippen LogP contribution is 2.16. The zero-order valence-electron chi connectivity index (χ0n) is 18.2. The van der Waals surface area contributed by atoms with E-state index in [2.05, 4.69) is 17.4 Å². The van der Waals surface area contributed by atoms with E-state index in [1.807, 2.05) is 64.1 Å². The topological polar surface area (TPSA) is 65.3 Å². The fraction of sp³-hybridized carbons (Fsp3) is 0.417. The Morgan fingerprint density at radius 3 is 2.23 bits per heavy atom. The van der Waals surface area contributed by atoms with Crippen LogP contribution in [0.1, 0.15) is 39.7 Å². The molecule has 6 heteroatoms. The predicted octanol–water partition coefficient (Wildman–Crippen LogP) is 3.75. The van der Waals surface area contributed by atoms with Crippen LogP contribution >= 0.6 is 0 Å². The number of carbonyl (C=O) groups is 1. The Bertz CT molecular complexity index is 1050. The number of hydrogen-bond acceptors (Lipinski definition) is 3. The van der Waals surface area contributed by atoms with Gasteiger partial charge in [0.1, 0.15) is 12.3 Å². The Hall–Kier alpha value is -3.02. The molecule has 2 aromatic carbocycles. The first kappa shape index (κ1) is 21.7. The number of para-hydroxylation sites is 2. The zero-order chi connectivity index (χ0) is 21.7. The van der Waals surface area contributed by atoms with E-state index in [1.165, 1.54) is 5.56 Å². The van der Waals surface area contributed by atoms with Crippen molar-refractivity contribution < 1.29 is 9.53 Å². The van der Waals surface area contributed by atoms with Crippen molar-refractivity contribution in [3.8, 4) is 5.75 Å². The van der Waals surface area contributed by atoms with Crippen molar-refractivity contribution in [3.63, 3.8) is 0 Å². The Balaban J connectivity index is 1.57. The van der Waals surface area contributed by atoms with Crippen LogP contribution in [0.3, 0.4) is 0 Å². The lowest BCUT2D eigenvalue weighted by atomic mass is 10.1. The van der Waals surface area contributed by atoms with E-state index in [-0.39, 0.29) is 30.3 Å². The van der Waals surface area contributed by atoms with Crippen LogP contribution in [0.15, 0.2) is 53.3 Å². The minimum absolute atomic E-state index is 0.0133. The van der Waals surface area contributed by atoms with Crippen LogP contribution in [-0.4, -0.2) is 27.2 Å². The molecule has 1 atom stereocenters. The summed E-state index contributed by atoms with van der Waals surface area (Å²) in [5.74, 6) is 0.719. The van der Waals surface area contributed by atoms with Gasteiger partial charge < -0.3 is 10.1 Å². The molecule has 1 heterocycles. The van der Waals surface area contributed by atoms with E-state index in [9.17, 15) is 9.59 Å². The summed E-state index contributed by atoms with van der Waals surface area (Å²) >= 11 is 0. The van der Waals surface area contributed by atoms with Gasteiger partial charge in [-0.05, 0) is 70.4 Å². The molecular weight excluding hydrogens is 378 g/mol. The molecule has 0 aliphatic carbocycles. The number of imidazole rings is 1. The van der Waals surface area contributed by atoms with Crippen LogP contribution in [0, 0.1) is 0 Å². The van der Waals surface area contributed by atoms with Crippen LogP contribution < -0.4 is 15.7 Å². The lowest BCUT2D eigenvalue weighted by Gasteiger charge is -2.15. The molecule has 0 bridgehead atoms. The molecule has 6 nitrogen and oxygen atoms in total. The summed E-state index contributed by atoms with van der Waals surface area (Å²) in [7, 11) is 0. The average molecular weight is 410 g/mol. The quantitative estimate of drug-likeness (QED) is 0.585. The van der Waals surface area contributed by atoms with Crippen molar-refractivity contribution in [2.75, 3.05) is 0 Å². The molecule has 1 aromatic heterocycles. The molecule has 0 fully saturated rings. The van der Waals surface area contributed by atoms with E-state index in [0.29, 0.717) is 6.54 Å². The van der Waals surface area contributed by atoms with Gasteiger partial charge in [0.2, 0.25) is 5.91 Å². The molecule has 0 saturated carbocycles. The van der Waals surface area contributed by atoms with Gasteiger partial charge in [-0.1, -0.05) is 24.3 Å². The third kappa shape index (κ3) is 5.12. The maximum Gasteiger partial charge on any atom is 0.329 e. The second kappa shape index (κ2) is 9.65. The van der Waals surface area contributed by atoms with Crippen LogP contribution in [0.2, 0.25) is 0 Å². The highest BCUT2D eigenvalue weighted by molar-refractivity contribution is 5.81. The number of fused-ring (bicyclic) bond motifs is 1. The monoisotopic (exact) mass is 409 g/mol. The number of nitrogens with one attached hydrogen (secondary N) is 1. The van der Waals surface area contributed by atoms with Gasteiger partial charge in [0.15, 0.2) is 0 Å². The fourth-order valence-electron chi connectivity index (χ4n) is 3.66. The second-order valence-corrected chi connectivity index (χ2v) is 7.92. The first-order chi connectivity index (χ1) is 14.4. The van der Waals surface area contributed by atoms with Crippen LogP contribution in [0.25, 0.3) is 11.0 Å². The molecule has 3 rings (SSSR count). The number of ether oxygens (including phenoxy) is 1. The summed E-state index contributed by atoms with van der Waals surface area (Å²) < 4.78 is 8.91. The van der Waals surface area contributed by atoms with Crippen LogP contribution in [0.5, 0.6) is 5.75 Å². The Labute approximate surface area is 177 Å². The molecule has 0 saturated heterocycles. The minimum Gasteiger partial charge on any atom is -0.491 e. The number of aromatic nitrogens is 2. The van der Waals surface area contributed by atoms with Crippen molar-refractivity contribution in [2.45, 2.75) is 65.8 Å². The van der Waals surface area contributed by atoms with Crippen molar-refractivity contribution in [3.05, 3.63) is 64.6 Å². The van der Waals surface area contributed by atoms with Crippen molar-refractivity contribution in [2.24, 2.45) is 0 Å². The highest BCUT2D eigenvalue weighted by Gasteiger charge is 2.15. The van der Waals surface area contributed by atoms with Crippen molar-refractivity contribution >= 4 is 16.9 Å². The highest BCUT2D eigenvalue weighted by atomic mass is 16.5. The molecular formula is C24H31N3O3. The van der Waals surface area contributed by atoms with E-state index in [0.717, 1.165) is 29.6 Å². The number of aryl methyl sites for hydroxylation is 2. The molecule has 0 aliphatic rings. The molecule has 0 radical (unpaired) electrons. The van der Waals surface area contributed by atoms with Gasteiger partial charge >= 0.3 is 5.69 Å². The first-order valence-electron chi connectivity index (χ1n) is 10.6. The summed E-state index contributed by atoms with van der Waals surface area (Å²) in [4.78, 5) is 25.3. The van der Waals surface area contributed by atoms with Gasteiger partial charge in [-0.2, -0.15) is 0 Å². The van der Waals surface area contributed by atoms with Crippen molar-refractivity contribution in [1.82, 2.24) is 14.5 Å². The summed E-state index contributed by atoms with van der Waals surface area (Å²) in [5, 5.41) is 3.02. The Morgan fingerprint density at radius 2 is 1.63 bits per heavy atom. The molecule has 1 N–H and O–H groups in total. The van der Waals surface area contributed by atoms with Gasteiger partial charge in [-0.3, -0.25) is 13.9 Å². The SMILES string of the molecule is CCn1c(=O)n(CC(=O)N[C@@H](C)CCc2ccc(OC(C)C)cc2)c2ccccc21. The number of nitrogens with zero attached hydrogens (tertiary/aromatic N) is 2. The molecule has 1 amide bonds. The predicted molar refractivity (Wildman–Crippen MR) is 120 cm³/mol. The van der Waals surface area contributed by atoms with E-state index < -0.39 is 0 Å². The number of rotatable bonds is 9. The molecule has 0 spiro atoms. The summed E-state index contributed by atoms with van der Waals surface area (Å²) in [6, 6.07) is 15.7. The van der Waals surface area contributed by atoms with Gasteiger partial charge in [-0.25, -0.2) is 4.79 Å². The molecule has 30 heavy (non-hydrogen) atoms.